The second kappa shape index (κ2) is 7.18. The molecule has 1 heterocycles. The summed E-state index contributed by atoms with van der Waals surface area (Å²) in [6.45, 7) is 0. The molecule has 0 bridgehead atoms. The van der Waals surface area contributed by atoms with E-state index < -0.39 is 0 Å². The molecule has 0 saturated heterocycles. The van der Waals surface area contributed by atoms with Gasteiger partial charge in [-0.15, -0.1) is 12.4 Å². The fourth-order valence-electron chi connectivity index (χ4n) is 1.40. The zero-order valence-corrected chi connectivity index (χ0v) is 10.9. The minimum atomic E-state index is -0.191. The number of nitrogen functional groups attached to an aromatic ring is 1. The average molecular weight is 276 g/mol. The number of halogens is 1. The zero-order valence-electron chi connectivity index (χ0n) is 10.1. The predicted molar refractivity (Wildman–Crippen MR) is 80.0 cm³/mol. The van der Waals surface area contributed by atoms with Crippen LogP contribution >= 0.6 is 12.4 Å². The van der Waals surface area contributed by atoms with Crippen molar-refractivity contribution in [3.05, 3.63) is 60.4 Å². The van der Waals surface area contributed by atoms with Gasteiger partial charge in [0.15, 0.2) is 0 Å². The highest BCUT2D eigenvalue weighted by Crippen LogP contribution is 2.10. The molecule has 4 nitrogen and oxygen atoms in total. The normalized spacial score (nSPS) is 9.89. The van der Waals surface area contributed by atoms with Crippen LogP contribution in [0.1, 0.15) is 5.56 Å². The molecule has 0 atom stereocenters. The van der Waals surface area contributed by atoms with Crippen LogP contribution in [0.2, 0.25) is 0 Å². The quantitative estimate of drug-likeness (QED) is 0.668. The summed E-state index contributed by atoms with van der Waals surface area (Å²) in [4.78, 5) is 15.6. The van der Waals surface area contributed by atoms with Gasteiger partial charge in [0.1, 0.15) is 0 Å². The first-order valence-electron chi connectivity index (χ1n) is 5.49. The van der Waals surface area contributed by atoms with Gasteiger partial charge in [-0.2, -0.15) is 0 Å². The number of amides is 1. The molecule has 98 valence electrons. The molecule has 0 unspecified atom stereocenters. The van der Waals surface area contributed by atoms with E-state index in [0.717, 1.165) is 5.56 Å². The third kappa shape index (κ3) is 4.81. The van der Waals surface area contributed by atoms with Gasteiger partial charge in [-0.1, -0.05) is 6.07 Å². The Kier molecular flexibility index (Phi) is 5.57. The Labute approximate surface area is 117 Å². The van der Waals surface area contributed by atoms with Gasteiger partial charge in [0, 0.05) is 29.8 Å². The second-order valence-corrected chi connectivity index (χ2v) is 3.73. The molecule has 1 amide bonds. The van der Waals surface area contributed by atoms with E-state index >= 15 is 0 Å². The number of carbonyl (C=O) groups is 1. The van der Waals surface area contributed by atoms with Crippen LogP contribution in [0.5, 0.6) is 0 Å². The molecule has 3 N–H and O–H groups in total. The standard InChI is InChI=1S/C14H13N3O.ClH/c15-12-4-6-13(7-5-12)17-14(18)8-3-11-2-1-9-16-10-11;/h1-10H,15H2,(H,17,18);1H/b8-3+;. The van der Waals surface area contributed by atoms with Gasteiger partial charge in [0.2, 0.25) is 5.91 Å². The van der Waals surface area contributed by atoms with E-state index in [9.17, 15) is 4.79 Å². The number of nitrogens with two attached hydrogens (primary N) is 1. The zero-order chi connectivity index (χ0) is 12.8. The van der Waals surface area contributed by atoms with Crippen LogP contribution in [0.3, 0.4) is 0 Å². The van der Waals surface area contributed by atoms with Gasteiger partial charge in [0.05, 0.1) is 0 Å². The van der Waals surface area contributed by atoms with E-state index in [1.807, 2.05) is 12.1 Å². The molecule has 5 heteroatoms. The van der Waals surface area contributed by atoms with Crippen molar-refractivity contribution in [3.63, 3.8) is 0 Å². The number of hydrogen-bond donors (Lipinski definition) is 2. The number of anilines is 2. The van der Waals surface area contributed by atoms with Crippen LogP contribution in [-0.4, -0.2) is 10.9 Å². The number of nitrogens with zero attached hydrogens (tertiary/aromatic N) is 1. The Morgan fingerprint density at radius 3 is 2.58 bits per heavy atom. The second-order valence-electron chi connectivity index (χ2n) is 3.73. The van der Waals surface area contributed by atoms with Gasteiger partial charge in [-0.25, -0.2) is 0 Å². The maximum absolute atomic E-state index is 11.6. The van der Waals surface area contributed by atoms with Crippen LogP contribution in [0.4, 0.5) is 11.4 Å². The molecule has 0 aliphatic carbocycles. The van der Waals surface area contributed by atoms with Crippen molar-refractivity contribution in [1.29, 1.82) is 0 Å². The van der Waals surface area contributed by atoms with Gasteiger partial charge >= 0.3 is 0 Å². The maximum atomic E-state index is 11.6. The number of benzene rings is 1. The predicted octanol–water partition coefficient (Wildman–Crippen LogP) is 2.74. The van der Waals surface area contributed by atoms with Crippen LogP contribution in [0.15, 0.2) is 54.9 Å². The largest absolute Gasteiger partial charge is 0.399 e. The maximum Gasteiger partial charge on any atom is 0.248 e. The SMILES string of the molecule is Cl.Nc1ccc(NC(=O)/C=C/c2cccnc2)cc1. The van der Waals surface area contributed by atoms with E-state index in [1.54, 1.807) is 42.7 Å². The van der Waals surface area contributed by atoms with E-state index in [-0.39, 0.29) is 18.3 Å². The Bertz CT molecular complexity index is 553. The lowest BCUT2D eigenvalue weighted by Gasteiger charge is -2.01. The smallest absolute Gasteiger partial charge is 0.248 e. The van der Waals surface area contributed by atoms with Gasteiger partial charge < -0.3 is 11.1 Å². The van der Waals surface area contributed by atoms with Crippen LogP contribution in [0.25, 0.3) is 6.08 Å². The molecule has 0 spiro atoms. The lowest BCUT2D eigenvalue weighted by atomic mass is 10.2. The molecular formula is C14H14ClN3O. The van der Waals surface area contributed by atoms with Crippen molar-refractivity contribution < 1.29 is 4.79 Å². The first kappa shape index (κ1) is 14.7. The summed E-state index contributed by atoms with van der Waals surface area (Å²) in [6, 6.07) is 10.7. The topological polar surface area (TPSA) is 68.0 Å². The summed E-state index contributed by atoms with van der Waals surface area (Å²) in [5.74, 6) is -0.191. The third-order valence-electron chi connectivity index (χ3n) is 2.29. The number of aromatic nitrogens is 1. The highest BCUT2D eigenvalue weighted by Gasteiger charge is 1.97. The summed E-state index contributed by atoms with van der Waals surface area (Å²) >= 11 is 0. The molecule has 1 aromatic carbocycles. The monoisotopic (exact) mass is 275 g/mol. The van der Waals surface area contributed by atoms with E-state index in [4.69, 9.17) is 5.73 Å². The van der Waals surface area contributed by atoms with Crippen LogP contribution in [0, 0.1) is 0 Å². The van der Waals surface area contributed by atoms with Gasteiger partial charge in [-0.3, -0.25) is 9.78 Å². The molecule has 0 saturated carbocycles. The van der Waals surface area contributed by atoms with Crippen molar-refractivity contribution >= 4 is 35.8 Å². The summed E-state index contributed by atoms with van der Waals surface area (Å²) < 4.78 is 0. The Morgan fingerprint density at radius 2 is 1.95 bits per heavy atom. The molecule has 0 aliphatic heterocycles. The average Bonchev–Trinajstić information content (AvgIpc) is 2.40. The Morgan fingerprint density at radius 1 is 1.21 bits per heavy atom. The minimum absolute atomic E-state index is 0. The van der Waals surface area contributed by atoms with Gasteiger partial charge in [-0.05, 0) is 42.0 Å². The van der Waals surface area contributed by atoms with E-state index in [0.29, 0.717) is 11.4 Å². The molecule has 0 fully saturated rings. The molecule has 2 aromatic rings. The highest BCUT2D eigenvalue weighted by molar-refractivity contribution is 6.01. The Hall–Kier alpha value is -2.33. The molecule has 0 radical (unpaired) electrons. The number of rotatable bonds is 3. The number of nitrogens with one attached hydrogen (secondary N) is 1. The van der Waals surface area contributed by atoms with Crippen molar-refractivity contribution in [2.45, 2.75) is 0 Å². The fourth-order valence-corrected chi connectivity index (χ4v) is 1.40. The van der Waals surface area contributed by atoms with Gasteiger partial charge in [0.25, 0.3) is 0 Å². The van der Waals surface area contributed by atoms with Crippen molar-refractivity contribution in [1.82, 2.24) is 4.98 Å². The number of carbonyl (C=O) groups excluding carboxylic acids is 1. The fraction of sp³-hybridized carbons (Fsp3) is 0. The molecule has 19 heavy (non-hydrogen) atoms. The molecule has 0 aliphatic rings. The first-order chi connectivity index (χ1) is 8.74. The van der Waals surface area contributed by atoms with Crippen molar-refractivity contribution in [3.8, 4) is 0 Å². The summed E-state index contributed by atoms with van der Waals surface area (Å²) in [5, 5.41) is 2.74. The molecule has 1 aromatic heterocycles. The number of pyridine rings is 1. The van der Waals surface area contributed by atoms with Crippen LogP contribution < -0.4 is 11.1 Å². The first-order valence-corrected chi connectivity index (χ1v) is 5.49. The van der Waals surface area contributed by atoms with E-state index in [2.05, 4.69) is 10.3 Å². The Balaban J connectivity index is 0.00000180. The lowest BCUT2D eigenvalue weighted by molar-refractivity contribution is -0.111. The number of hydrogen-bond acceptors (Lipinski definition) is 3. The lowest BCUT2D eigenvalue weighted by Crippen LogP contribution is -2.07. The van der Waals surface area contributed by atoms with Crippen molar-refractivity contribution in [2.75, 3.05) is 11.1 Å². The molecule has 2 rings (SSSR count). The summed E-state index contributed by atoms with van der Waals surface area (Å²) in [7, 11) is 0. The highest BCUT2D eigenvalue weighted by atomic mass is 35.5. The van der Waals surface area contributed by atoms with E-state index in [1.165, 1.54) is 6.08 Å². The summed E-state index contributed by atoms with van der Waals surface area (Å²) in [5.41, 5.74) is 7.82. The third-order valence-corrected chi connectivity index (χ3v) is 2.29. The minimum Gasteiger partial charge on any atom is -0.399 e. The van der Waals surface area contributed by atoms with Crippen LogP contribution in [-0.2, 0) is 4.79 Å². The summed E-state index contributed by atoms with van der Waals surface area (Å²) in [6.07, 6.45) is 6.55. The molecular weight excluding hydrogens is 262 g/mol. The van der Waals surface area contributed by atoms with Crippen molar-refractivity contribution in [2.24, 2.45) is 0 Å².